The first-order chi connectivity index (χ1) is 14.6. The Balaban J connectivity index is 1.76. The molecule has 0 unspecified atom stereocenters. The average molecular weight is 378 g/mol. The zero-order valence-corrected chi connectivity index (χ0v) is 15.7. The zero-order chi connectivity index (χ0) is 22.3. The van der Waals surface area contributed by atoms with Crippen molar-refractivity contribution in [2.75, 3.05) is 17.6 Å². The normalized spacial score (nSPS) is 19.8. The molecule has 28 heavy (non-hydrogen) atoms. The highest BCUT2D eigenvalue weighted by atomic mass is 16.2. The second kappa shape index (κ2) is 6.93. The van der Waals surface area contributed by atoms with Crippen LogP contribution in [0.3, 0.4) is 0 Å². The van der Waals surface area contributed by atoms with E-state index in [1.165, 1.54) is 6.20 Å². The van der Waals surface area contributed by atoms with Gasteiger partial charge < -0.3 is 10.6 Å². The van der Waals surface area contributed by atoms with Crippen LogP contribution in [0, 0.1) is 30.6 Å². The Morgan fingerprint density at radius 2 is 2.14 bits per heavy atom. The number of rotatable bonds is 3. The van der Waals surface area contributed by atoms with E-state index in [1.807, 2.05) is 27.1 Å². The topological polar surface area (TPSA) is 97.6 Å². The maximum absolute atomic E-state index is 12.3. The summed E-state index contributed by atoms with van der Waals surface area (Å²) in [4.78, 5) is 16.5. The lowest BCUT2D eigenvalue weighted by Gasteiger charge is -2.08. The molecule has 2 N–H and O–H groups in total. The minimum atomic E-state index is -2.45. The van der Waals surface area contributed by atoms with E-state index in [-0.39, 0.29) is 29.0 Å². The number of nitrogens with zero attached hydrogens (tertiary/aromatic N) is 5. The Morgan fingerprint density at radius 1 is 1.36 bits per heavy atom. The lowest BCUT2D eigenvalue weighted by Crippen LogP contribution is -2.16. The van der Waals surface area contributed by atoms with Crippen LogP contribution in [-0.2, 0) is 11.8 Å². The van der Waals surface area contributed by atoms with Crippen LogP contribution in [0.15, 0.2) is 18.5 Å². The van der Waals surface area contributed by atoms with Crippen LogP contribution in [-0.4, -0.2) is 37.8 Å². The fraction of sp³-hybridized carbons (Fsp3) is 0.350. The van der Waals surface area contributed by atoms with Crippen LogP contribution >= 0.6 is 0 Å². The van der Waals surface area contributed by atoms with E-state index < -0.39 is 6.98 Å². The molecule has 0 radical (unpaired) electrons. The number of anilines is 2. The quantitative estimate of drug-likeness (QED) is 0.678. The monoisotopic (exact) mass is 378 g/mol. The van der Waals surface area contributed by atoms with Crippen molar-refractivity contribution < 1.29 is 8.91 Å². The summed E-state index contributed by atoms with van der Waals surface area (Å²) in [6.07, 6.45) is 4.14. The Labute approximate surface area is 167 Å². The van der Waals surface area contributed by atoms with Gasteiger partial charge in [-0.2, -0.15) is 5.10 Å². The number of aryl methyl sites for hydroxylation is 2. The summed E-state index contributed by atoms with van der Waals surface area (Å²) in [6, 6.07) is 1.64. The van der Waals surface area contributed by atoms with E-state index in [2.05, 4.69) is 42.8 Å². The van der Waals surface area contributed by atoms with Crippen molar-refractivity contribution in [3.63, 3.8) is 0 Å². The van der Waals surface area contributed by atoms with Gasteiger partial charge in [0.05, 0.1) is 16.8 Å². The predicted octanol–water partition coefficient (Wildman–Crippen LogP) is 2.10. The molecule has 3 aromatic rings. The highest BCUT2D eigenvalue weighted by Gasteiger charge is 2.39. The first kappa shape index (κ1) is 14.6. The Bertz CT molecular complexity index is 1240. The van der Waals surface area contributed by atoms with Crippen molar-refractivity contribution in [2.24, 2.45) is 18.9 Å². The number of pyridine rings is 1. The number of fused-ring (bicyclic) bond motifs is 1. The fourth-order valence-electron chi connectivity index (χ4n) is 3.05. The van der Waals surface area contributed by atoms with Crippen LogP contribution in [0.1, 0.15) is 34.3 Å². The number of hydrogen-bond acceptors (Lipinski definition) is 6. The van der Waals surface area contributed by atoms with Gasteiger partial charge in [-0.25, -0.2) is 4.98 Å². The molecule has 2 atom stereocenters. The van der Waals surface area contributed by atoms with Crippen LogP contribution in [0.25, 0.3) is 10.9 Å². The molecule has 4 rings (SSSR count). The number of carbonyl (C=O) groups excluding carboxylic acids is 1. The molecule has 8 nitrogen and oxygen atoms in total. The molecule has 0 aromatic carbocycles. The van der Waals surface area contributed by atoms with Crippen LogP contribution in [0.2, 0.25) is 0 Å². The minimum Gasteiger partial charge on any atom is -0.371 e. The molecule has 0 bridgehead atoms. The molecule has 142 valence electrons. The fourth-order valence-corrected chi connectivity index (χ4v) is 3.05. The first-order valence-electron chi connectivity index (χ1n) is 10.4. The maximum Gasteiger partial charge on any atom is 0.228 e. The summed E-state index contributed by atoms with van der Waals surface area (Å²) in [6.45, 7) is 1.43. The number of amides is 1. The van der Waals surface area contributed by atoms with E-state index in [9.17, 15) is 4.79 Å². The largest absolute Gasteiger partial charge is 0.371 e. The van der Waals surface area contributed by atoms with E-state index >= 15 is 0 Å². The Hall–Kier alpha value is -3.47. The maximum atomic E-state index is 12.3. The van der Waals surface area contributed by atoms with E-state index in [0.717, 1.165) is 17.7 Å². The van der Waals surface area contributed by atoms with Gasteiger partial charge in [0.25, 0.3) is 0 Å². The van der Waals surface area contributed by atoms with Gasteiger partial charge in [-0.1, -0.05) is 18.8 Å². The van der Waals surface area contributed by atoms with Crippen LogP contribution in [0.5, 0.6) is 0 Å². The third-order valence-electron chi connectivity index (χ3n) is 4.79. The van der Waals surface area contributed by atoms with Gasteiger partial charge in [0.15, 0.2) is 11.6 Å². The molecule has 1 aliphatic rings. The molecular formula is C20H21N7O. The van der Waals surface area contributed by atoms with E-state index in [1.54, 1.807) is 10.7 Å². The Morgan fingerprint density at radius 3 is 2.82 bits per heavy atom. The lowest BCUT2D eigenvalue weighted by atomic mass is 10.1. The standard InChI is InChI=1S/C20H21N7O/c1-11-7-15(11)20(28)23-17-8-16-13(5-6-14-10-27(4)26-12(14)2)9-22-19(21-3)18(16)25-24-17/h8-11,15H,7H2,1-4H3,(H,21,22)(H,23,24,28)/t11-,15+/m1/s1/i3D3. The van der Waals surface area contributed by atoms with Crippen molar-refractivity contribution in [3.8, 4) is 11.8 Å². The predicted molar refractivity (Wildman–Crippen MR) is 107 cm³/mol. The van der Waals surface area contributed by atoms with Crippen molar-refractivity contribution >= 4 is 28.4 Å². The number of carbonyl (C=O) groups is 1. The van der Waals surface area contributed by atoms with Gasteiger partial charge in [-0.15, -0.1) is 10.2 Å². The van der Waals surface area contributed by atoms with Gasteiger partial charge in [-0.05, 0) is 25.3 Å². The van der Waals surface area contributed by atoms with Gasteiger partial charge in [0.1, 0.15) is 5.52 Å². The summed E-state index contributed by atoms with van der Waals surface area (Å²) >= 11 is 0. The average Bonchev–Trinajstić information content (AvgIpc) is 3.32. The summed E-state index contributed by atoms with van der Waals surface area (Å²) in [7, 11) is 1.82. The van der Waals surface area contributed by atoms with E-state index in [0.29, 0.717) is 16.9 Å². The van der Waals surface area contributed by atoms with Crippen molar-refractivity contribution in [2.45, 2.75) is 20.3 Å². The molecule has 0 aliphatic heterocycles. The lowest BCUT2D eigenvalue weighted by molar-refractivity contribution is -0.117. The molecule has 0 spiro atoms. The minimum absolute atomic E-state index is 0.0180. The number of aromatic nitrogens is 5. The van der Waals surface area contributed by atoms with Gasteiger partial charge in [0.2, 0.25) is 5.91 Å². The summed E-state index contributed by atoms with van der Waals surface area (Å²) in [5, 5.41) is 18.1. The van der Waals surface area contributed by atoms with Crippen LogP contribution < -0.4 is 10.6 Å². The molecule has 1 saturated carbocycles. The zero-order valence-electron chi connectivity index (χ0n) is 18.7. The highest BCUT2D eigenvalue weighted by Crippen LogP contribution is 2.38. The summed E-state index contributed by atoms with van der Waals surface area (Å²) in [5.41, 5.74) is 2.33. The van der Waals surface area contributed by atoms with Gasteiger partial charge in [-0.3, -0.25) is 9.48 Å². The number of hydrogen-bond donors (Lipinski definition) is 2. The molecule has 1 aliphatic carbocycles. The molecule has 3 aromatic heterocycles. The van der Waals surface area contributed by atoms with E-state index in [4.69, 9.17) is 4.11 Å². The summed E-state index contributed by atoms with van der Waals surface area (Å²) < 4.78 is 24.1. The highest BCUT2D eigenvalue weighted by molar-refractivity contribution is 5.97. The molecule has 0 saturated heterocycles. The second-order valence-electron chi connectivity index (χ2n) is 7.00. The summed E-state index contributed by atoms with van der Waals surface area (Å²) in [5.74, 6) is 6.71. The van der Waals surface area contributed by atoms with Gasteiger partial charge in [0, 0.05) is 41.8 Å². The smallest absolute Gasteiger partial charge is 0.228 e. The molecular weight excluding hydrogens is 354 g/mol. The first-order valence-corrected chi connectivity index (χ1v) is 8.88. The SMILES string of the molecule is [2H]C([2H])([2H])Nc1ncc(C#Cc2cn(C)nc2C)c2cc(NC(=O)[C@H]3C[C@H]3C)nnc12. The van der Waals surface area contributed by atoms with Gasteiger partial charge >= 0.3 is 0 Å². The molecule has 8 heteroatoms. The second-order valence-corrected chi connectivity index (χ2v) is 7.00. The van der Waals surface area contributed by atoms with Crippen molar-refractivity contribution in [1.82, 2.24) is 25.0 Å². The third-order valence-corrected chi connectivity index (χ3v) is 4.79. The molecule has 1 fully saturated rings. The van der Waals surface area contributed by atoms with Crippen LogP contribution in [0.4, 0.5) is 11.6 Å². The third kappa shape index (κ3) is 3.39. The Kier molecular flexibility index (Phi) is 3.60. The van der Waals surface area contributed by atoms with Crippen molar-refractivity contribution in [1.29, 1.82) is 0 Å². The van der Waals surface area contributed by atoms with Crippen molar-refractivity contribution in [3.05, 3.63) is 35.3 Å². The number of nitrogens with one attached hydrogen (secondary N) is 2. The molecule has 1 amide bonds. The molecule has 3 heterocycles.